The summed E-state index contributed by atoms with van der Waals surface area (Å²) in [6.07, 6.45) is -0.955. The second-order valence-corrected chi connectivity index (χ2v) is 19.2. The van der Waals surface area contributed by atoms with Crippen molar-refractivity contribution in [3.8, 4) is 5.75 Å². The number of esters is 1. The van der Waals surface area contributed by atoms with Gasteiger partial charge in [-0.3, -0.25) is 24.1 Å². The molecule has 4 aliphatic rings. The minimum Gasteiger partial charge on any atom is -0.491 e. The molecule has 3 fully saturated rings. The number of nitrogens with two attached hydrogens (primary N) is 1. The number of aliphatic hydroxyl groups excluding tert-OH is 1. The summed E-state index contributed by atoms with van der Waals surface area (Å²) in [6.45, 7) is 5.43. The average molecular weight is 1010 g/mol. The van der Waals surface area contributed by atoms with Crippen LogP contribution in [0.25, 0.3) is 0 Å². The van der Waals surface area contributed by atoms with Crippen molar-refractivity contribution in [3.63, 3.8) is 0 Å². The first kappa shape index (κ1) is 50.0. The van der Waals surface area contributed by atoms with Gasteiger partial charge in [-0.15, -0.1) is 0 Å². The third-order valence-corrected chi connectivity index (χ3v) is 14.9. The highest BCUT2D eigenvalue weighted by Gasteiger charge is 2.75. The summed E-state index contributed by atoms with van der Waals surface area (Å²) < 4.78 is 12.5. The van der Waals surface area contributed by atoms with Crippen LogP contribution in [0.3, 0.4) is 0 Å². The number of carbonyl (C=O) groups is 6. The van der Waals surface area contributed by atoms with E-state index in [0.29, 0.717) is 54.3 Å². The number of hydrogen-bond donors (Lipinski definition) is 5. The van der Waals surface area contributed by atoms with Gasteiger partial charge in [-0.05, 0) is 82.8 Å². The van der Waals surface area contributed by atoms with E-state index in [4.69, 9.17) is 15.2 Å². The molecule has 0 bridgehead atoms. The number of carbonyl (C=O) groups excluding carboxylic acids is 6. The molecule has 17 nitrogen and oxygen atoms in total. The van der Waals surface area contributed by atoms with Crippen LogP contribution < -0.4 is 36.2 Å². The van der Waals surface area contributed by atoms with Gasteiger partial charge in [0.2, 0.25) is 17.7 Å². The van der Waals surface area contributed by atoms with E-state index in [1.165, 1.54) is 0 Å². The number of hydrogen-bond acceptors (Lipinski definition) is 11. The Labute approximate surface area is 434 Å². The molecule has 4 heterocycles. The first-order chi connectivity index (χ1) is 36.4. The summed E-state index contributed by atoms with van der Waals surface area (Å²) >= 11 is 0. The van der Waals surface area contributed by atoms with E-state index in [0.717, 1.165) is 21.7 Å². The smallest absolute Gasteiger partial charge is 0.329 e. The Bertz CT molecular complexity index is 3080. The van der Waals surface area contributed by atoms with E-state index in [2.05, 4.69) is 20.9 Å². The van der Waals surface area contributed by atoms with Gasteiger partial charge < -0.3 is 46.1 Å². The van der Waals surface area contributed by atoms with Crippen molar-refractivity contribution in [1.29, 1.82) is 0 Å². The fourth-order valence-corrected chi connectivity index (χ4v) is 11.5. The van der Waals surface area contributed by atoms with E-state index in [1.54, 1.807) is 73.3 Å². The van der Waals surface area contributed by atoms with Crippen LogP contribution in [-0.2, 0) is 35.9 Å². The SMILES string of the molecule is CC(=O)N1CCN(c2ccc(NC(=O)[C@H]3[C@@H]4C(=O)O[C@@H](c5ccccc5)[C@@H](c5ccccc5)N4[C@@H](c4ccc(OCCO)cc4)[C@]34C(=O)N(C(=O)N[C@H](C)c3ccccc3)c3ccc(CNC(N)=O)cc34)cc2)CC1. The number of ether oxygens (including phenoxy) is 2. The molecule has 75 heavy (non-hydrogen) atoms. The number of amides is 7. The first-order valence-corrected chi connectivity index (χ1v) is 25.1. The molecule has 6 aromatic rings. The van der Waals surface area contributed by atoms with Gasteiger partial charge in [0.1, 0.15) is 29.9 Å². The van der Waals surface area contributed by atoms with Gasteiger partial charge in [-0.1, -0.05) is 115 Å². The molecule has 0 saturated carbocycles. The normalized spacial score (nSPS) is 22.4. The maximum absolute atomic E-state index is 16.7. The summed E-state index contributed by atoms with van der Waals surface area (Å²) in [5.41, 5.74) is 8.37. The minimum absolute atomic E-state index is 0.0146. The topological polar surface area (TPSA) is 216 Å². The summed E-state index contributed by atoms with van der Waals surface area (Å²) in [6, 6.07) is 41.7. The molecule has 4 aliphatic heterocycles. The maximum Gasteiger partial charge on any atom is 0.329 e. The molecular weight excluding hydrogens is 953 g/mol. The number of nitrogens with zero attached hydrogens (tertiary/aromatic N) is 4. The predicted molar refractivity (Wildman–Crippen MR) is 280 cm³/mol. The summed E-state index contributed by atoms with van der Waals surface area (Å²) in [4.78, 5) is 94.9. The van der Waals surface area contributed by atoms with Crippen molar-refractivity contribution in [3.05, 3.63) is 191 Å². The third-order valence-electron chi connectivity index (χ3n) is 14.9. The Morgan fingerprint density at radius 2 is 1.41 bits per heavy atom. The Kier molecular flexibility index (Phi) is 14.1. The van der Waals surface area contributed by atoms with Crippen LogP contribution in [0, 0.1) is 5.92 Å². The van der Waals surface area contributed by atoms with Crippen LogP contribution in [0.15, 0.2) is 158 Å². The quantitative estimate of drug-likeness (QED) is 0.0771. The summed E-state index contributed by atoms with van der Waals surface area (Å²) in [5.74, 6) is -3.39. The number of fused-ring (bicyclic) bond motifs is 3. The number of benzene rings is 6. The number of rotatable bonds is 13. The number of imide groups is 1. The second kappa shape index (κ2) is 21.1. The molecule has 17 heteroatoms. The molecule has 6 aromatic carbocycles. The zero-order valence-electron chi connectivity index (χ0n) is 41.5. The van der Waals surface area contributed by atoms with E-state index < -0.39 is 71.5 Å². The fraction of sp³-hybridized carbons (Fsp3) is 0.276. The molecule has 7 amide bonds. The Hall–Kier alpha value is -8.54. The molecule has 1 spiro atoms. The maximum atomic E-state index is 16.7. The molecule has 0 aromatic heterocycles. The largest absolute Gasteiger partial charge is 0.491 e. The number of morpholine rings is 1. The number of aliphatic hydroxyl groups is 1. The van der Waals surface area contributed by atoms with Crippen LogP contribution >= 0.6 is 0 Å². The van der Waals surface area contributed by atoms with Gasteiger partial charge in [0.15, 0.2) is 0 Å². The van der Waals surface area contributed by atoms with Crippen molar-refractivity contribution >= 4 is 52.8 Å². The van der Waals surface area contributed by atoms with Crippen LogP contribution in [0.5, 0.6) is 5.75 Å². The number of cyclic esters (lactones) is 1. The predicted octanol–water partition coefficient (Wildman–Crippen LogP) is 6.67. The number of urea groups is 2. The second-order valence-electron chi connectivity index (χ2n) is 19.2. The zero-order valence-corrected chi connectivity index (χ0v) is 41.5. The lowest BCUT2D eigenvalue weighted by molar-refractivity contribution is -0.177. The standard InChI is InChI=1S/C58H58N8O9/c1-36(39-12-6-3-7-13-39)61-57(73)65-47-27-18-38(35-60-56(59)72)34-46(47)58(55(65)71)48(53(69)62-43-21-23-44(24-22-43)64-30-28-63(29-31-64)37(2)68)50-54(70)75-51(41-16-10-5-11-17-41)49(40-14-8-4-9-15-40)66(50)52(58)42-19-25-45(26-20-42)74-33-32-67/h3-27,34,36,48-52,67H,28-33,35H2,1-2H3,(H,61,73)(H,62,69)(H3,59,60,72)/t36-,48-,49-,50-,51+,52+,58-/m1/s1. The average Bonchev–Trinajstić information content (AvgIpc) is 3.94. The summed E-state index contributed by atoms with van der Waals surface area (Å²) in [7, 11) is 0. The number of nitrogens with one attached hydrogen (secondary N) is 3. The lowest BCUT2D eigenvalue weighted by Gasteiger charge is -2.46. The highest BCUT2D eigenvalue weighted by Crippen LogP contribution is 2.66. The molecular formula is C58H58N8O9. The molecule has 0 radical (unpaired) electrons. The lowest BCUT2D eigenvalue weighted by atomic mass is 9.65. The highest BCUT2D eigenvalue weighted by molar-refractivity contribution is 6.25. The molecule has 6 N–H and O–H groups in total. The highest BCUT2D eigenvalue weighted by atomic mass is 16.6. The number of anilines is 3. The van der Waals surface area contributed by atoms with Gasteiger partial charge in [0.25, 0.3) is 0 Å². The van der Waals surface area contributed by atoms with Crippen molar-refractivity contribution in [2.75, 3.05) is 54.5 Å². The van der Waals surface area contributed by atoms with Crippen molar-refractivity contribution in [2.24, 2.45) is 11.7 Å². The lowest BCUT2D eigenvalue weighted by Crippen LogP contribution is -2.55. The van der Waals surface area contributed by atoms with Gasteiger partial charge in [-0.2, -0.15) is 0 Å². The molecule has 3 saturated heterocycles. The van der Waals surface area contributed by atoms with Gasteiger partial charge >= 0.3 is 18.0 Å². The number of piperazine rings is 1. The third kappa shape index (κ3) is 9.40. The molecule has 384 valence electrons. The zero-order chi connectivity index (χ0) is 52.4. The Balaban J connectivity index is 1.19. The van der Waals surface area contributed by atoms with Crippen molar-refractivity contribution in [2.45, 2.75) is 56.1 Å². The molecule has 0 aliphatic carbocycles. The number of primary amides is 1. The Morgan fingerprint density at radius 3 is 2.04 bits per heavy atom. The molecule has 0 unspecified atom stereocenters. The monoisotopic (exact) mass is 1010 g/mol. The Morgan fingerprint density at radius 1 is 0.773 bits per heavy atom. The van der Waals surface area contributed by atoms with Crippen LogP contribution in [0.2, 0.25) is 0 Å². The minimum atomic E-state index is -2.10. The van der Waals surface area contributed by atoms with E-state index in [-0.39, 0.29) is 36.9 Å². The van der Waals surface area contributed by atoms with E-state index >= 15 is 19.2 Å². The first-order valence-electron chi connectivity index (χ1n) is 25.1. The van der Waals surface area contributed by atoms with Crippen LogP contribution in [0.4, 0.5) is 26.7 Å². The van der Waals surface area contributed by atoms with Crippen LogP contribution in [0.1, 0.15) is 71.5 Å². The summed E-state index contributed by atoms with van der Waals surface area (Å²) in [5, 5.41) is 18.5. The molecule has 10 rings (SSSR count). The van der Waals surface area contributed by atoms with E-state index in [9.17, 15) is 14.7 Å². The van der Waals surface area contributed by atoms with Crippen molar-refractivity contribution in [1.82, 2.24) is 20.4 Å². The molecule has 7 atom stereocenters. The fourth-order valence-electron chi connectivity index (χ4n) is 11.5. The van der Waals surface area contributed by atoms with Gasteiger partial charge in [0.05, 0.1) is 36.3 Å². The van der Waals surface area contributed by atoms with Crippen LogP contribution in [-0.4, -0.2) is 96.1 Å². The van der Waals surface area contributed by atoms with Gasteiger partial charge in [0, 0.05) is 51.0 Å². The van der Waals surface area contributed by atoms with Crippen molar-refractivity contribution < 1.29 is 43.3 Å². The van der Waals surface area contributed by atoms with Gasteiger partial charge in [-0.25, -0.2) is 14.5 Å². The van der Waals surface area contributed by atoms with E-state index in [1.807, 2.05) is 108 Å².